The molecule has 1 heterocycles. The molecule has 0 bridgehead atoms. The van der Waals surface area contributed by atoms with E-state index in [1.54, 1.807) is 6.33 Å². The Bertz CT molecular complexity index is 549. The molecule has 5 nitrogen and oxygen atoms in total. The fraction of sp³-hybridized carbons (Fsp3) is 0.429. The summed E-state index contributed by atoms with van der Waals surface area (Å²) in [4.78, 5) is 18.9. The molecule has 1 unspecified atom stereocenters. The van der Waals surface area contributed by atoms with E-state index in [0.29, 0.717) is 25.4 Å². The number of nitrogens with two attached hydrogens (primary N) is 1. The zero-order chi connectivity index (χ0) is 13.7. The maximum atomic E-state index is 11.7. The average Bonchev–Trinajstić information content (AvgIpc) is 2.89. The smallest absolute Gasteiger partial charge is 0.220 e. The summed E-state index contributed by atoms with van der Waals surface area (Å²) < 4.78 is 0. The average molecular weight is 260 g/mol. The number of H-pyrrole nitrogens is 1. The van der Waals surface area contributed by atoms with Crippen LogP contribution in [0.15, 0.2) is 24.5 Å². The molecule has 0 aliphatic heterocycles. The summed E-state index contributed by atoms with van der Waals surface area (Å²) in [6, 6.07) is 6.02. The lowest BCUT2D eigenvalue weighted by molar-refractivity contribution is -0.121. The van der Waals surface area contributed by atoms with E-state index in [4.69, 9.17) is 5.73 Å². The van der Waals surface area contributed by atoms with Crippen molar-refractivity contribution < 1.29 is 4.79 Å². The largest absolute Gasteiger partial charge is 0.356 e. The van der Waals surface area contributed by atoms with Gasteiger partial charge in [-0.2, -0.15) is 0 Å². The first-order chi connectivity index (χ1) is 9.19. The highest BCUT2D eigenvalue weighted by Gasteiger charge is 2.05. The van der Waals surface area contributed by atoms with E-state index >= 15 is 0 Å². The quantitative estimate of drug-likeness (QED) is 0.730. The number of benzene rings is 1. The normalized spacial score (nSPS) is 12.5. The Morgan fingerprint density at radius 1 is 1.53 bits per heavy atom. The van der Waals surface area contributed by atoms with Gasteiger partial charge in [-0.05, 0) is 36.6 Å². The van der Waals surface area contributed by atoms with Crippen molar-refractivity contribution in [2.24, 2.45) is 11.7 Å². The number of aryl methyl sites for hydroxylation is 1. The topological polar surface area (TPSA) is 83.8 Å². The number of aromatic nitrogens is 2. The SMILES string of the molecule is CC(CN)CNC(=O)CCc1ccc2nc[nH]c2c1. The fourth-order valence-corrected chi connectivity index (χ4v) is 1.86. The first-order valence-corrected chi connectivity index (χ1v) is 6.58. The monoisotopic (exact) mass is 260 g/mol. The van der Waals surface area contributed by atoms with Crippen LogP contribution in [-0.2, 0) is 11.2 Å². The van der Waals surface area contributed by atoms with Crippen LogP contribution in [-0.4, -0.2) is 29.0 Å². The standard InChI is InChI=1S/C14H20N4O/c1-10(7-15)8-16-14(19)5-3-11-2-4-12-13(6-11)18-9-17-12/h2,4,6,9-10H,3,5,7-8,15H2,1H3,(H,16,19)(H,17,18). The lowest BCUT2D eigenvalue weighted by Gasteiger charge is -2.09. The van der Waals surface area contributed by atoms with Crippen LogP contribution in [0.3, 0.4) is 0 Å². The Kier molecular flexibility index (Phi) is 4.52. The van der Waals surface area contributed by atoms with Gasteiger partial charge in [0.25, 0.3) is 0 Å². The molecule has 19 heavy (non-hydrogen) atoms. The van der Waals surface area contributed by atoms with E-state index in [1.807, 2.05) is 25.1 Å². The van der Waals surface area contributed by atoms with Gasteiger partial charge < -0.3 is 16.0 Å². The molecule has 0 fully saturated rings. The summed E-state index contributed by atoms with van der Waals surface area (Å²) in [5.41, 5.74) is 8.60. The lowest BCUT2D eigenvalue weighted by Crippen LogP contribution is -2.31. The molecule has 2 rings (SSSR count). The second kappa shape index (κ2) is 6.33. The van der Waals surface area contributed by atoms with Crippen molar-refractivity contribution in [3.05, 3.63) is 30.1 Å². The molecule has 0 aliphatic carbocycles. The Hall–Kier alpha value is -1.88. The van der Waals surface area contributed by atoms with E-state index in [2.05, 4.69) is 15.3 Å². The maximum absolute atomic E-state index is 11.7. The molecule has 2 aromatic rings. The second-order valence-corrected chi connectivity index (χ2v) is 4.90. The van der Waals surface area contributed by atoms with E-state index < -0.39 is 0 Å². The van der Waals surface area contributed by atoms with Crippen LogP contribution in [0.25, 0.3) is 11.0 Å². The molecule has 102 valence electrons. The number of carbonyl (C=O) groups is 1. The van der Waals surface area contributed by atoms with Crippen LogP contribution in [0.1, 0.15) is 18.9 Å². The third kappa shape index (κ3) is 3.79. The predicted octanol–water partition coefficient (Wildman–Crippen LogP) is 1.21. The fourth-order valence-electron chi connectivity index (χ4n) is 1.86. The zero-order valence-corrected chi connectivity index (χ0v) is 11.1. The van der Waals surface area contributed by atoms with Gasteiger partial charge in [0.1, 0.15) is 0 Å². The van der Waals surface area contributed by atoms with Gasteiger partial charge in [0, 0.05) is 13.0 Å². The number of imidazole rings is 1. The number of nitrogens with zero attached hydrogens (tertiary/aromatic N) is 1. The van der Waals surface area contributed by atoms with Gasteiger partial charge in [-0.25, -0.2) is 4.98 Å². The number of carbonyl (C=O) groups excluding carboxylic acids is 1. The minimum absolute atomic E-state index is 0.0741. The first-order valence-electron chi connectivity index (χ1n) is 6.58. The summed E-state index contributed by atoms with van der Waals surface area (Å²) >= 11 is 0. The Balaban J connectivity index is 1.82. The van der Waals surface area contributed by atoms with E-state index in [-0.39, 0.29) is 5.91 Å². The van der Waals surface area contributed by atoms with Gasteiger partial charge in [-0.3, -0.25) is 4.79 Å². The van der Waals surface area contributed by atoms with Crippen LogP contribution in [0.2, 0.25) is 0 Å². The molecule has 0 spiro atoms. The van der Waals surface area contributed by atoms with E-state index in [9.17, 15) is 4.79 Å². The summed E-state index contributed by atoms with van der Waals surface area (Å²) in [7, 11) is 0. The van der Waals surface area contributed by atoms with Gasteiger partial charge in [-0.15, -0.1) is 0 Å². The first kappa shape index (κ1) is 13.5. The number of nitrogens with one attached hydrogen (secondary N) is 2. The molecular weight excluding hydrogens is 240 g/mol. The molecule has 1 aromatic heterocycles. The van der Waals surface area contributed by atoms with Crippen LogP contribution >= 0.6 is 0 Å². The number of aromatic amines is 1. The highest BCUT2D eigenvalue weighted by atomic mass is 16.1. The van der Waals surface area contributed by atoms with Crippen LogP contribution in [0.5, 0.6) is 0 Å². The number of hydrogen-bond acceptors (Lipinski definition) is 3. The summed E-state index contributed by atoms with van der Waals surface area (Å²) in [6.07, 6.45) is 2.91. The Morgan fingerprint density at radius 2 is 2.37 bits per heavy atom. The molecule has 1 atom stereocenters. The van der Waals surface area contributed by atoms with Crippen molar-refractivity contribution in [1.82, 2.24) is 15.3 Å². The number of amides is 1. The minimum Gasteiger partial charge on any atom is -0.356 e. The number of rotatable bonds is 6. The van der Waals surface area contributed by atoms with Crippen molar-refractivity contribution in [2.75, 3.05) is 13.1 Å². The molecule has 4 N–H and O–H groups in total. The molecule has 5 heteroatoms. The number of fused-ring (bicyclic) bond motifs is 1. The molecule has 0 aliphatic rings. The number of hydrogen-bond donors (Lipinski definition) is 3. The van der Waals surface area contributed by atoms with Gasteiger partial charge in [-0.1, -0.05) is 13.0 Å². The van der Waals surface area contributed by atoms with Crippen LogP contribution < -0.4 is 11.1 Å². The minimum atomic E-state index is 0.0741. The maximum Gasteiger partial charge on any atom is 0.220 e. The van der Waals surface area contributed by atoms with Crippen LogP contribution in [0, 0.1) is 5.92 Å². The summed E-state index contributed by atoms with van der Waals surface area (Å²) in [5.74, 6) is 0.398. The van der Waals surface area contributed by atoms with Gasteiger partial charge >= 0.3 is 0 Å². The zero-order valence-electron chi connectivity index (χ0n) is 11.1. The van der Waals surface area contributed by atoms with Crippen molar-refractivity contribution in [3.63, 3.8) is 0 Å². The molecule has 0 saturated heterocycles. The van der Waals surface area contributed by atoms with E-state index in [0.717, 1.165) is 23.0 Å². The lowest BCUT2D eigenvalue weighted by atomic mass is 10.1. The molecule has 0 saturated carbocycles. The third-order valence-corrected chi connectivity index (χ3v) is 3.18. The second-order valence-electron chi connectivity index (χ2n) is 4.90. The van der Waals surface area contributed by atoms with Crippen LogP contribution in [0.4, 0.5) is 0 Å². The molecule has 0 radical (unpaired) electrons. The summed E-state index contributed by atoms with van der Waals surface area (Å²) in [5, 5.41) is 2.90. The van der Waals surface area contributed by atoms with Gasteiger partial charge in [0.05, 0.1) is 17.4 Å². The Morgan fingerprint density at radius 3 is 3.16 bits per heavy atom. The Labute approximate surface area is 112 Å². The molecular formula is C14H20N4O. The van der Waals surface area contributed by atoms with Crippen molar-refractivity contribution in [1.29, 1.82) is 0 Å². The van der Waals surface area contributed by atoms with Crippen molar-refractivity contribution >= 4 is 16.9 Å². The van der Waals surface area contributed by atoms with Gasteiger partial charge in [0.2, 0.25) is 5.91 Å². The van der Waals surface area contributed by atoms with Crippen molar-refractivity contribution in [2.45, 2.75) is 19.8 Å². The predicted molar refractivity (Wildman–Crippen MR) is 75.6 cm³/mol. The molecule has 1 amide bonds. The third-order valence-electron chi connectivity index (χ3n) is 3.18. The highest BCUT2D eigenvalue weighted by Crippen LogP contribution is 2.12. The van der Waals surface area contributed by atoms with Gasteiger partial charge in [0.15, 0.2) is 0 Å². The molecule has 1 aromatic carbocycles. The van der Waals surface area contributed by atoms with E-state index in [1.165, 1.54) is 0 Å². The highest BCUT2D eigenvalue weighted by molar-refractivity contribution is 5.77. The van der Waals surface area contributed by atoms with Crippen molar-refractivity contribution in [3.8, 4) is 0 Å². The summed E-state index contributed by atoms with van der Waals surface area (Å²) in [6.45, 7) is 3.26.